The van der Waals surface area contributed by atoms with Crippen LogP contribution < -0.4 is 4.90 Å². The molecular weight excluding hydrogens is 389 g/mol. The molecule has 1 aromatic carbocycles. The molecule has 1 heterocycles. The molecule has 0 saturated heterocycles. The van der Waals surface area contributed by atoms with E-state index in [4.69, 9.17) is 35.2 Å². The Morgan fingerprint density at radius 1 is 1.44 bits per heavy atom. The number of aryl methyl sites for hydroxylation is 1. The maximum Gasteiger partial charge on any atom is 0.303 e. The number of rotatable bonds is 9. The minimum absolute atomic E-state index is 0. The van der Waals surface area contributed by atoms with E-state index in [1.807, 2.05) is 4.90 Å². The lowest BCUT2D eigenvalue weighted by atomic mass is 10.2. The van der Waals surface area contributed by atoms with Crippen molar-refractivity contribution in [1.29, 1.82) is 0 Å². The molecule has 0 saturated carbocycles. The van der Waals surface area contributed by atoms with Crippen molar-refractivity contribution in [3.63, 3.8) is 0 Å². The fourth-order valence-corrected chi connectivity index (χ4v) is 2.76. The molecule has 1 atom stereocenters. The summed E-state index contributed by atoms with van der Waals surface area (Å²) < 4.78 is 39.2. The van der Waals surface area contributed by atoms with Crippen LogP contribution in [0.4, 0.5) is 5.69 Å². The van der Waals surface area contributed by atoms with E-state index < -0.39 is 31.8 Å². The van der Waals surface area contributed by atoms with Gasteiger partial charge in [0.1, 0.15) is 11.9 Å². The number of imidazole rings is 1. The molecule has 2 rings (SSSR count). The van der Waals surface area contributed by atoms with Crippen LogP contribution in [0.2, 0.25) is 0 Å². The maximum absolute atomic E-state index is 11.0. The highest BCUT2D eigenvalue weighted by atomic mass is 35.5. The maximum atomic E-state index is 11.0. The van der Waals surface area contributed by atoms with Gasteiger partial charge in [0.25, 0.3) is 0 Å². The summed E-state index contributed by atoms with van der Waals surface area (Å²) in [6, 6.07) is 4.83. The summed E-state index contributed by atoms with van der Waals surface area (Å²) in [7, 11) is 0. The second kappa shape index (κ2) is 10.1. The van der Waals surface area contributed by atoms with E-state index in [0.29, 0.717) is 30.5 Å². The Hall–Kier alpha value is -1.21. The van der Waals surface area contributed by atoms with Crippen LogP contribution in [0.5, 0.6) is 0 Å². The van der Waals surface area contributed by atoms with Gasteiger partial charge in [-0.05, 0) is 24.6 Å². The van der Waals surface area contributed by atoms with Gasteiger partial charge in [0.15, 0.2) is 0 Å². The second-order valence-electron chi connectivity index (χ2n) is 5.05. The number of aliphatic carboxylic acids is 1. The molecule has 0 aliphatic carbocycles. The van der Waals surface area contributed by atoms with Gasteiger partial charge in [0.2, 0.25) is 0 Å². The first-order chi connectivity index (χ1) is 13.4. The quantitative estimate of drug-likeness (QED) is 0.615. The van der Waals surface area contributed by atoms with Gasteiger partial charge in [0.05, 0.1) is 11.0 Å². The Balaban J connectivity index is 0.00000450. The minimum atomic E-state index is -2.75. The van der Waals surface area contributed by atoms with Gasteiger partial charge in [-0.1, -0.05) is 0 Å². The molecule has 9 heteroatoms. The number of aliphatic hydroxyl groups excluding tert-OH is 1. The summed E-state index contributed by atoms with van der Waals surface area (Å²) in [5.74, 6) is -1.38. The van der Waals surface area contributed by atoms with Gasteiger partial charge in [0, 0.05) is 50.7 Å². The van der Waals surface area contributed by atoms with Gasteiger partial charge >= 0.3 is 5.97 Å². The van der Waals surface area contributed by atoms with Crippen LogP contribution in [0, 0.1) is 0 Å². The molecule has 2 aromatic rings. The molecule has 0 radical (unpaired) electrons. The summed E-state index contributed by atoms with van der Waals surface area (Å²) in [6.45, 7) is -1.70. The number of benzene rings is 1. The van der Waals surface area contributed by atoms with E-state index >= 15 is 0 Å². The third-order valence-electron chi connectivity index (χ3n) is 3.48. The van der Waals surface area contributed by atoms with Crippen molar-refractivity contribution in [2.24, 2.45) is 6.98 Å². The van der Waals surface area contributed by atoms with Crippen LogP contribution in [0.1, 0.15) is 31.6 Å². The van der Waals surface area contributed by atoms with Crippen LogP contribution in [0.15, 0.2) is 18.2 Å². The van der Waals surface area contributed by atoms with Crippen molar-refractivity contribution in [3.8, 4) is 0 Å². The normalized spacial score (nSPS) is 16.0. The van der Waals surface area contributed by atoms with Crippen LogP contribution in [0.25, 0.3) is 11.0 Å². The zero-order valence-electron chi connectivity index (χ0n) is 18.2. The minimum Gasteiger partial charge on any atom is -0.481 e. The van der Waals surface area contributed by atoms with E-state index in [2.05, 4.69) is 4.98 Å². The highest BCUT2D eigenvalue weighted by Gasteiger charge is 2.18. The van der Waals surface area contributed by atoms with Crippen LogP contribution in [-0.4, -0.2) is 50.6 Å². The first kappa shape index (κ1) is 14.9. The highest BCUT2D eigenvalue weighted by molar-refractivity contribution is 6.18. The number of carbonyl (C=O) groups is 1. The molecule has 6 nitrogen and oxygen atoms in total. The van der Waals surface area contributed by atoms with E-state index in [-0.39, 0.29) is 29.3 Å². The molecule has 140 valence electrons. The van der Waals surface area contributed by atoms with Crippen molar-refractivity contribution in [1.82, 2.24) is 9.55 Å². The summed E-state index contributed by atoms with van der Waals surface area (Å²) in [6.07, 6.45) is -5.34. The van der Waals surface area contributed by atoms with Gasteiger partial charge in [-0.25, -0.2) is 4.98 Å². The topological polar surface area (TPSA) is 78.6 Å². The molecule has 0 amide bonds. The number of carboxylic acid groups (broad SMARTS) is 1. The lowest BCUT2D eigenvalue weighted by Gasteiger charge is -2.22. The number of halogens is 3. The number of aromatic nitrogens is 2. The molecular formula is C16H22Cl3N3O3. The fourth-order valence-electron chi connectivity index (χ4n) is 2.36. The molecule has 0 spiro atoms. The lowest BCUT2D eigenvalue weighted by molar-refractivity contribution is -0.137. The van der Waals surface area contributed by atoms with Crippen molar-refractivity contribution in [3.05, 3.63) is 24.0 Å². The van der Waals surface area contributed by atoms with Crippen molar-refractivity contribution in [2.75, 3.05) is 29.7 Å². The van der Waals surface area contributed by atoms with E-state index in [0.717, 1.165) is 4.57 Å². The predicted molar refractivity (Wildman–Crippen MR) is 103 cm³/mol. The Morgan fingerprint density at radius 3 is 2.68 bits per heavy atom. The molecule has 1 aromatic heterocycles. The number of anilines is 1. The van der Waals surface area contributed by atoms with Crippen LogP contribution in [0.3, 0.4) is 0 Å². The predicted octanol–water partition coefficient (Wildman–Crippen LogP) is 3.18. The molecule has 25 heavy (non-hydrogen) atoms. The first-order valence-corrected chi connectivity index (χ1v) is 8.30. The molecule has 0 aliphatic heterocycles. The van der Waals surface area contributed by atoms with Crippen molar-refractivity contribution in [2.45, 2.75) is 18.9 Å². The Labute approximate surface area is 169 Å². The fraction of sp³-hybridized carbons (Fsp3) is 0.500. The number of alkyl halides is 2. The smallest absolute Gasteiger partial charge is 0.303 e. The Kier molecular flexibility index (Phi) is 6.00. The molecule has 0 aliphatic rings. The number of hydrogen-bond donors (Lipinski definition) is 2. The average Bonchev–Trinajstić information content (AvgIpc) is 3.00. The summed E-state index contributed by atoms with van der Waals surface area (Å²) in [5, 5.41) is 19.4. The van der Waals surface area contributed by atoms with Gasteiger partial charge in [-0.15, -0.1) is 35.6 Å². The van der Waals surface area contributed by atoms with Crippen molar-refractivity contribution >= 4 is 58.3 Å². The molecule has 0 bridgehead atoms. The van der Waals surface area contributed by atoms with Crippen LogP contribution >= 0.6 is 35.6 Å². The third kappa shape index (κ3) is 5.38. The van der Waals surface area contributed by atoms with E-state index in [1.165, 1.54) is 6.07 Å². The monoisotopic (exact) mass is 414 g/mol. The second-order valence-corrected chi connectivity index (χ2v) is 5.80. The standard InChI is InChI=1S/C16H21Cl2N3O3.ClH/c1-20-13-3-2-11(21(8-6-17)9-7-18)10-12(13)19-16(20)14(22)4-5-15(23)24;/h2-3,10,14,22H,4-9H2,1H3,(H,23,24);1H/i1D3,5D2;. The van der Waals surface area contributed by atoms with Crippen LogP contribution in [-0.2, 0) is 11.8 Å². The molecule has 1 unspecified atom stereocenters. The van der Waals surface area contributed by atoms with E-state index in [1.54, 1.807) is 12.1 Å². The lowest BCUT2D eigenvalue weighted by Crippen LogP contribution is -2.27. The Morgan fingerprint density at radius 2 is 2.12 bits per heavy atom. The largest absolute Gasteiger partial charge is 0.481 e. The van der Waals surface area contributed by atoms with Gasteiger partial charge < -0.3 is 19.7 Å². The first-order valence-electron chi connectivity index (χ1n) is 9.73. The van der Waals surface area contributed by atoms with Crippen molar-refractivity contribution < 1.29 is 21.9 Å². The summed E-state index contributed by atoms with van der Waals surface area (Å²) >= 11 is 11.6. The Bertz CT molecular complexity index is 873. The summed E-state index contributed by atoms with van der Waals surface area (Å²) in [4.78, 5) is 17.1. The summed E-state index contributed by atoms with van der Waals surface area (Å²) in [5.41, 5.74) is 1.17. The molecule has 2 N–H and O–H groups in total. The average molecular weight is 416 g/mol. The number of carboxylic acids is 1. The van der Waals surface area contributed by atoms with Gasteiger partial charge in [-0.2, -0.15) is 0 Å². The number of nitrogens with zero attached hydrogens (tertiary/aromatic N) is 3. The zero-order valence-corrected chi connectivity index (χ0v) is 15.5. The zero-order chi connectivity index (χ0) is 22.0. The number of hydrogen-bond acceptors (Lipinski definition) is 4. The third-order valence-corrected chi connectivity index (χ3v) is 3.82. The highest BCUT2D eigenvalue weighted by Crippen LogP contribution is 2.26. The number of fused-ring (bicyclic) bond motifs is 1. The SMILES string of the molecule is Cl.[2H]C([2H])(CC(O)c1nc2cc(N(CCCl)CCCl)ccc2n1C([2H])([2H])[2H])C(=O)O. The van der Waals surface area contributed by atoms with E-state index in [9.17, 15) is 9.90 Å². The van der Waals surface area contributed by atoms with Gasteiger partial charge in [-0.3, -0.25) is 4.79 Å². The number of aliphatic hydroxyl groups is 1. The molecule has 0 fully saturated rings.